The number of hydrogen-bond acceptors (Lipinski definition) is 3. The SMILES string of the molecule is CN(C)c1ccc(NC(=O)C2CC2C(=O)N(C)c2ccccc2)cc1. The summed E-state index contributed by atoms with van der Waals surface area (Å²) in [6.45, 7) is 0. The normalized spacial score (nSPS) is 18.4. The molecular formula is C20H23N3O2. The maximum absolute atomic E-state index is 12.5. The average Bonchev–Trinajstić information content (AvgIpc) is 3.42. The average molecular weight is 337 g/mol. The summed E-state index contributed by atoms with van der Waals surface area (Å²) in [5.41, 5.74) is 2.67. The Hall–Kier alpha value is -2.82. The molecule has 1 N–H and O–H groups in total. The molecule has 2 amide bonds. The molecule has 5 heteroatoms. The Bertz CT molecular complexity index is 756. The smallest absolute Gasteiger partial charge is 0.230 e. The van der Waals surface area contributed by atoms with Crippen LogP contribution < -0.4 is 15.1 Å². The quantitative estimate of drug-likeness (QED) is 0.912. The molecule has 1 aliphatic rings. The largest absolute Gasteiger partial charge is 0.378 e. The van der Waals surface area contributed by atoms with Gasteiger partial charge in [-0.05, 0) is 42.8 Å². The van der Waals surface area contributed by atoms with E-state index in [-0.39, 0.29) is 23.7 Å². The van der Waals surface area contributed by atoms with E-state index in [2.05, 4.69) is 5.32 Å². The number of nitrogens with zero attached hydrogens (tertiary/aromatic N) is 2. The van der Waals surface area contributed by atoms with Crippen LogP contribution in [-0.2, 0) is 9.59 Å². The van der Waals surface area contributed by atoms with Gasteiger partial charge in [0.05, 0.1) is 11.8 Å². The number of benzene rings is 2. The summed E-state index contributed by atoms with van der Waals surface area (Å²) in [5.74, 6) is -0.565. The molecule has 1 saturated carbocycles. The summed E-state index contributed by atoms with van der Waals surface area (Å²) in [7, 11) is 5.69. The highest BCUT2D eigenvalue weighted by atomic mass is 16.2. The van der Waals surface area contributed by atoms with E-state index in [9.17, 15) is 9.59 Å². The number of carbonyl (C=O) groups is 2. The zero-order valence-electron chi connectivity index (χ0n) is 14.8. The van der Waals surface area contributed by atoms with Gasteiger partial charge in [-0.15, -0.1) is 0 Å². The van der Waals surface area contributed by atoms with Crippen LogP contribution in [0.15, 0.2) is 54.6 Å². The van der Waals surface area contributed by atoms with E-state index in [1.807, 2.05) is 73.6 Å². The van der Waals surface area contributed by atoms with Crippen molar-refractivity contribution in [1.82, 2.24) is 0 Å². The maximum atomic E-state index is 12.5. The van der Waals surface area contributed by atoms with Crippen LogP contribution in [0.4, 0.5) is 17.1 Å². The monoisotopic (exact) mass is 337 g/mol. The fraction of sp³-hybridized carbons (Fsp3) is 0.300. The second-order valence-electron chi connectivity index (χ2n) is 6.61. The first-order valence-electron chi connectivity index (χ1n) is 8.38. The van der Waals surface area contributed by atoms with E-state index in [1.165, 1.54) is 0 Å². The van der Waals surface area contributed by atoms with E-state index in [0.717, 1.165) is 17.1 Å². The minimum atomic E-state index is -0.243. The van der Waals surface area contributed by atoms with Gasteiger partial charge >= 0.3 is 0 Å². The summed E-state index contributed by atoms with van der Waals surface area (Å²) in [6.07, 6.45) is 0.609. The molecule has 5 nitrogen and oxygen atoms in total. The fourth-order valence-corrected chi connectivity index (χ4v) is 2.86. The number of rotatable bonds is 5. The summed E-state index contributed by atoms with van der Waals surface area (Å²) in [4.78, 5) is 28.5. The second-order valence-corrected chi connectivity index (χ2v) is 6.61. The predicted octanol–water partition coefficient (Wildman–Crippen LogP) is 2.99. The summed E-state index contributed by atoms with van der Waals surface area (Å²) >= 11 is 0. The van der Waals surface area contributed by atoms with Gasteiger partial charge in [-0.2, -0.15) is 0 Å². The molecule has 130 valence electrons. The molecule has 3 rings (SSSR count). The van der Waals surface area contributed by atoms with Crippen LogP contribution in [0.3, 0.4) is 0 Å². The first-order chi connectivity index (χ1) is 12.0. The highest BCUT2D eigenvalue weighted by molar-refractivity contribution is 6.04. The van der Waals surface area contributed by atoms with E-state index in [4.69, 9.17) is 0 Å². The molecule has 2 unspecified atom stereocenters. The van der Waals surface area contributed by atoms with Gasteiger partial charge < -0.3 is 15.1 Å². The molecule has 0 bridgehead atoms. The van der Waals surface area contributed by atoms with Crippen molar-refractivity contribution in [2.75, 3.05) is 36.3 Å². The molecule has 2 aromatic carbocycles. The van der Waals surface area contributed by atoms with Crippen molar-refractivity contribution in [1.29, 1.82) is 0 Å². The van der Waals surface area contributed by atoms with Crippen molar-refractivity contribution < 1.29 is 9.59 Å². The van der Waals surface area contributed by atoms with Gasteiger partial charge in [-0.1, -0.05) is 18.2 Å². The van der Waals surface area contributed by atoms with Crippen LogP contribution in [0, 0.1) is 11.8 Å². The highest BCUT2D eigenvalue weighted by Gasteiger charge is 2.49. The molecule has 1 aliphatic carbocycles. The van der Waals surface area contributed by atoms with Crippen molar-refractivity contribution >= 4 is 28.9 Å². The standard InChI is InChI=1S/C20H23N3O2/c1-22(2)15-11-9-14(10-12-15)21-19(24)17-13-18(17)20(25)23(3)16-7-5-4-6-8-16/h4-12,17-18H,13H2,1-3H3,(H,21,24). The number of amides is 2. The highest BCUT2D eigenvalue weighted by Crippen LogP contribution is 2.41. The molecule has 0 heterocycles. The Morgan fingerprint density at radius 2 is 1.52 bits per heavy atom. The lowest BCUT2D eigenvalue weighted by Gasteiger charge is -2.17. The van der Waals surface area contributed by atoms with Gasteiger partial charge in [-0.25, -0.2) is 0 Å². The third kappa shape index (κ3) is 3.82. The van der Waals surface area contributed by atoms with Gasteiger partial charge in [-0.3, -0.25) is 9.59 Å². The topological polar surface area (TPSA) is 52.7 Å². The van der Waals surface area contributed by atoms with Crippen LogP contribution in [0.2, 0.25) is 0 Å². The lowest BCUT2D eigenvalue weighted by atomic mass is 10.2. The Balaban J connectivity index is 1.57. The van der Waals surface area contributed by atoms with Gasteiger partial charge in [0.2, 0.25) is 11.8 Å². The van der Waals surface area contributed by atoms with Crippen LogP contribution in [0.1, 0.15) is 6.42 Å². The van der Waals surface area contributed by atoms with Crippen molar-refractivity contribution in [3.8, 4) is 0 Å². The Kier molecular flexibility index (Phi) is 4.74. The summed E-state index contributed by atoms with van der Waals surface area (Å²) in [6, 6.07) is 17.1. The number of para-hydroxylation sites is 1. The molecule has 0 aromatic heterocycles. The minimum absolute atomic E-state index is 0.00527. The molecule has 0 saturated heterocycles. The number of hydrogen-bond donors (Lipinski definition) is 1. The lowest BCUT2D eigenvalue weighted by molar-refractivity contribution is -0.123. The third-order valence-corrected chi connectivity index (χ3v) is 4.57. The Labute approximate surface area is 148 Å². The summed E-state index contributed by atoms with van der Waals surface area (Å²) in [5, 5.41) is 2.91. The third-order valence-electron chi connectivity index (χ3n) is 4.57. The van der Waals surface area contributed by atoms with Crippen molar-refractivity contribution in [2.45, 2.75) is 6.42 Å². The maximum Gasteiger partial charge on any atom is 0.230 e. The minimum Gasteiger partial charge on any atom is -0.378 e. The molecule has 0 spiro atoms. The number of nitrogens with one attached hydrogen (secondary N) is 1. The zero-order chi connectivity index (χ0) is 18.0. The number of anilines is 3. The first-order valence-corrected chi connectivity index (χ1v) is 8.38. The fourth-order valence-electron chi connectivity index (χ4n) is 2.86. The van der Waals surface area contributed by atoms with Crippen molar-refractivity contribution in [3.63, 3.8) is 0 Å². The van der Waals surface area contributed by atoms with Crippen LogP contribution >= 0.6 is 0 Å². The Morgan fingerprint density at radius 1 is 0.880 bits per heavy atom. The Morgan fingerprint density at radius 3 is 2.12 bits per heavy atom. The molecule has 0 aliphatic heterocycles. The van der Waals surface area contributed by atoms with Crippen LogP contribution in [0.25, 0.3) is 0 Å². The van der Waals surface area contributed by atoms with E-state index < -0.39 is 0 Å². The van der Waals surface area contributed by atoms with E-state index >= 15 is 0 Å². The number of carbonyl (C=O) groups excluding carboxylic acids is 2. The zero-order valence-corrected chi connectivity index (χ0v) is 14.8. The molecule has 1 fully saturated rings. The second kappa shape index (κ2) is 6.97. The van der Waals surface area contributed by atoms with Gasteiger partial charge in [0, 0.05) is 38.2 Å². The van der Waals surface area contributed by atoms with Crippen LogP contribution in [-0.4, -0.2) is 33.0 Å². The van der Waals surface area contributed by atoms with Crippen molar-refractivity contribution in [2.24, 2.45) is 11.8 Å². The molecular weight excluding hydrogens is 314 g/mol. The van der Waals surface area contributed by atoms with Gasteiger partial charge in [0.25, 0.3) is 0 Å². The predicted molar refractivity (Wildman–Crippen MR) is 101 cm³/mol. The first kappa shape index (κ1) is 17.0. The molecule has 0 radical (unpaired) electrons. The van der Waals surface area contributed by atoms with Gasteiger partial charge in [0.1, 0.15) is 0 Å². The summed E-state index contributed by atoms with van der Waals surface area (Å²) < 4.78 is 0. The van der Waals surface area contributed by atoms with Gasteiger partial charge in [0.15, 0.2) is 0 Å². The van der Waals surface area contributed by atoms with E-state index in [0.29, 0.717) is 6.42 Å². The van der Waals surface area contributed by atoms with E-state index in [1.54, 1.807) is 11.9 Å². The molecule has 2 aromatic rings. The lowest BCUT2D eigenvalue weighted by Crippen LogP contribution is -2.29. The molecule has 25 heavy (non-hydrogen) atoms. The molecule has 2 atom stereocenters. The van der Waals surface area contributed by atoms with Crippen molar-refractivity contribution in [3.05, 3.63) is 54.6 Å². The van der Waals surface area contributed by atoms with Crippen LogP contribution in [0.5, 0.6) is 0 Å².